The average Bonchev–Trinajstić information content (AvgIpc) is 3.16. The molecule has 7 nitrogen and oxygen atoms in total. The van der Waals surface area contributed by atoms with Crippen LogP contribution in [0, 0.1) is 0 Å². The van der Waals surface area contributed by atoms with Gasteiger partial charge in [0.1, 0.15) is 11.5 Å². The normalized spacial score (nSPS) is 17.9. The number of nitrogens with one attached hydrogen (secondary N) is 2. The van der Waals surface area contributed by atoms with Gasteiger partial charge in [0, 0.05) is 19.4 Å². The first-order valence-electron chi connectivity index (χ1n) is 7.04. The van der Waals surface area contributed by atoms with E-state index in [1.165, 1.54) is 6.20 Å². The number of rotatable bonds is 4. The van der Waals surface area contributed by atoms with Crippen molar-refractivity contribution in [1.29, 1.82) is 0 Å². The predicted octanol–water partition coefficient (Wildman–Crippen LogP) is 0.565. The van der Waals surface area contributed by atoms with E-state index in [-0.39, 0.29) is 11.9 Å². The zero-order valence-corrected chi connectivity index (χ0v) is 11.9. The molecule has 0 spiro atoms. The maximum atomic E-state index is 12.1. The summed E-state index contributed by atoms with van der Waals surface area (Å²) >= 11 is 0. The molecule has 0 bridgehead atoms. The minimum atomic E-state index is -0.231. The van der Waals surface area contributed by atoms with Crippen LogP contribution in [-0.4, -0.2) is 32.0 Å². The van der Waals surface area contributed by atoms with Crippen LogP contribution in [0.4, 0.5) is 0 Å². The minimum absolute atomic E-state index is 0.208. The van der Waals surface area contributed by atoms with E-state index >= 15 is 0 Å². The molecule has 2 N–H and O–H groups in total. The second-order valence-corrected chi connectivity index (χ2v) is 5.12. The first kappa shape index (κ1) is 13.7. The van der Waals surface area contributed by atoms with Gasteiger partial charge in [0.2, 0.25) is 0 Å². The van der Waals surface area contributed by atoms with Crippen LogP contribution in [-0.2, 0) is 13.6 Å². The Morgan fingerprint density at radius 2 is 2.43 bits per heavy atom. The first-order valence-corrected chi connectivity index (χ1v) is 7.04. The molecule has 2 aromatic heterocycles. The number of aryl methyl sites for hydroxylation is 1. The summed E-state index contributed by atoms with van der Waals surface area (Å²) < 4.78 is 1.87. The summed E-state index contributed by atoms with van der Waals surface area (Å²) in [5, 5.41) is 6.17. The standard InChI is InChI=1S/C14H18N6O/c1-20-6-5-17-13(20)9-18-14(21)12-8-15-7-11(19-12)10-3-2-4-16-10/h5-8,10,16H,2-4,9H2,1H3,(H,18,21)/t10-/m1/s1. The molecule has 1 amide bonds. The lowest BCUT2D eigenvalue weighted by molar-refractivity contribution is 0.0944. The predicted molar refractivity (Wildman–Crippen MR) is 76.4 cm³/mol. The van der Waals surface area contributed by atoms with E-state index in [9.17, 15) is 4.79 Å². The lowest BCUT2D eigenvalue weighted by Gasteiger charge is -2.10. The van der Waals surface area contributed by atoms with Gasteiger partial charge in [-0.25, -0.2) is 9.97 Å². The number of imidazole rings is 1. The third-order valence-electron chi connectivity index (χ3n) is 3.63. The summed E-state index contributed by atoms with van der Waals surface area (Å²) in [6, 6.07) is 0.208. The van der Waals surface area contributed by atoms with Crippen molar-refractivity contribution < 1.29 is 4.79 Å². The fourth-order valence-corrected chi connectivity index (χ4v) is 2.41. The van der Waals surface area contributed by atoms with E-state index in [0.717, 1.165) is 30.9 Å². The third kappa shape index (κ3) is 3.08. The highest BCUT2D eigenvalue weighted by Gasteiger charge is 2.19. The lowest BCUT2D eigenvalue weighted by Crippen LogP contribution is -2.26. The van der Waals surface area contributed by atoms with Gasteiger partial charge >= 0.3 is 0 Å². The molecule has 1 saturated heterocycles. The second kappa shape index (κ2) is 6.01. The van der Waals surface area contributed by atoms with Crippen molar-refractivity contribution in [1.82, 2.24) is 30.2 Å². The quantitative estimate of drug-likeness (QED) is 0.858. The fourth-order valence-electron chi connectivity index (χ4n) is 2.41. The molecule has 0 unspecified atom stereocenters. The van der Waals surface area contributed by atoms with E-state index in [1.54, 1.807) is 12.4 Å². The van der Waals surface area contributed by atoms with Crippen molar-refractivity contribution in [2.24, 2.45) is 7.05 Å². The molecule has 1 aliphatic rings. The highest BCUT2D eigenvalue weighted by Crippen LogP contribution is 2.20. The Hall–Kier alpha value is -2.28. The zero-order valence-electron chi connectivity index (χ0n) is 11.9. The molecular weight excluding hydrogens is 268 g/mol. The molecule has 1 fully saturated rings. The number of carbonyl (C=O) groups is 1. The molecule has 7 heteroatoms. The number of hydrogen-bond donors (Lipinski definition) is 2. The van der Waals surface area contributed by atoms with Gasteiger partial charge in [0.15, 0.2) is 0 Å². The van der Waals surface area contributed by atoms with Crippen LogP contribution in [0.15, 0.2) is 24.8 Å². The molecule has 3 rings (SSSR count). The van der Waals surface area contributed by atoms with Crippen molar-refractivity contribution in [3.8, 4) is 0 Å². The molecule has 21 heavy (non-hydrogen) atoms. The monoisotopic (exact) mass is 286 g/mol. The highest BCUT2D eigenvalue weighted by atomic mass is 16.1. The van der Waals surface area contributed by atoms with Crippen LogP contribution in [0.25, 0.3) is 0 Å². The number of nitrogens with zero attached hydrogens (tertiary/aromatic N) is 4. The van der Waals surface area contributed by atoms with Crippen LogP contribution in [0.5, 0.6) is 0 Å². The van der Waals surface area contributed by atoms with E-state index in [4.69, 9.17) is 0 Å². The van der Waals surface area contributed by atoms with Gasteiger partial charge in [-0.1, -0.05) is 0 Å². The van der Waals surface area contributed by atoms with Crippen molar-refractivity contribution in [3.05, 3.63) is 42.0 Å². The van der Waals surface area contributed by atoms with E-state index < -0.39 is 0 Å². The lowest BCUT2D eigenvalue weighted by atomic mass is 10.1. The molecule has 0 aromatic carbocycles. The van der Waals surface area contributed by atoms with Crippen LogP contribution in [0.3, 0.4) is 0 Å². The van der Waals surface area contributed by atoms with Gasteiger partial charge in [-0.05, 0) is 19.4 Å². The summed E-state index contributed by atoms with van der Waals surface area (Å²) in [4.78, 5) is 24.9. The Kier molecular flexibility index (Phi) is 3.92. The molecular formula is C14H18N6O. The maximum absolute atomic E-state index is 12.1. The average molecular weight is 286 g/mol. The Bertz CT molecular complexity index is 632. The van der Waals surface area contributed by atoms with Gasteiger partial charge < -0.3 is 15.2 Å². The van der Waals surface area contributed by atoms with E-state index in [0.29, 0.717) is 12.2 Å². The van der Waals surface area contributed by atoms with Gasteiger partial charge in [-0.3, -0.25) is 9.78 Å². The summed E-state index contributed by atoms with van der Waals surface area (Å²) in [6.45, 7) is 1.36. The van der Waals surface area contributed by atoms with Gasteiger partial charge in [-0.2, -0.15) is 0 Å². The van der Waals surface area contributed by atoms with Crippen LogP contribution in [0.1, 0.15) is 40.9 Å². The molecule has 0 aliphatic carbocycles. The Morgan fingerprint density at radius 1 is 1.52 bits per heavy atom. The molecule has 2 aromatic rings. The van der Waals surface area contributed by atoms with Crippen LogP contribution >= 0.6 is 0 Å². The van der Waals surface area contributed by atoms with Crippen molar-refractivity contribution >= 4 is 5.91 Å². The smallest absolute Gasteiger partial charge is 0.271 e. The van der Waals surface area contributed by atoms with Gasteiger partial charge in [0.25, 0.3) is 5.91 Å². The van der Waals surface area contributed by atoms with Crippen molar-refractivity contribution in [3.63, 3.8) is 0 Å². The number of aromatic nitrogens is 4. The number of hydrogen-bond acceptors (Lipinski definition) is 5. The topological polar surface area (TPSA) is 84.7 Å². The summed E-state index contributed by atoms with van der Waals surface area (Å²) in [6.07, 6.45) is 8.92. The van der Waals surface area contributed by atoms with Crippen LogP contribution < -0.4 is 10.6 Å². The highest BCUT2D eigenvalue weighted by molar-refractivity contribution is 5.91. The second-order valence-electron chi connectivity index (χ2n) is 5.12. The molecule has 1 atom stereocenters. The van der Waals surface area contributed by atoms with Gasteiger partial charge in [-0.15, -0.1) is 0 Å². The number of amides is 1. The minimum Gasteiger partial charge on any atom is -0.343 e. The summed E-state index contributed by atoms with van der Waals surface area (Å²) in [5.41, 5.74) is 1.17. The van der Waals surface area contributed by atoms with Crippen LogP contribution in [0.2, 0.25) is 0 Å². The third-order valence-corrected chi connectivity index (χ3v) is 3.63. The maximum Gasteiger partial charge on any atom is 0.271 e. The fraction of sp³-hybridized carbons (Fsp3) is 0.429. The van der Waals surface area contributed by atoms with Crippen molar-refractivity contribution in [2.45, 2.75) is 25.4 Å². The van der Waals surface area contributed by atoms with E-state index in [1.807, 2.05) is 17.8 Å². The molecule has 0 saturated carbocycles. The molecule has 3 heterocycles. The molecule has 110 valence electrons. The Balaban J connectivity index is 1.67. The Morgan fingerprint density at radius 3 is 3.14 bits per heavy atom. The van der Waals surface area contributed by atoms with E-state index in [2.05, 4.69) is 25.6 Å². The van der Waals surface area contributed by atoms with Crippen molar-refractivity contribution in [2.75, 3.05) is 6.54 Å². The molecule has 1 aliphatic heterocycles. The number of carbonyl (C=O) groups excluding carboxylic acids is 1. The summed E-state index contributed by atoms with van der Waals surface area (Å²) in [7, 11) is 1.89. The Labute approximate surface area is 122 Å². The first-order chi connectivity index (χ1) is 10.2. The molecule has 0 radical (unpaired) electrons. The zero-order chi connectivity index (χ0) is 14.7. The van der Waals surface area contributed by atoms with Gasteiger partial charge in [0.05, 0.1) is 30.7 Å². The SMILES string of the molecule is Cn1ccnc1CNC(=O)c1cncc([C@H]2CCCN2)n1. The largest absolute Gasteiger partial charge is 0.343 e. The summed E-state index contributed by atoms with van der Waals surface area (Å²) in [5.74, 6) is 0.565.